The zero-order chi connectivity index (χ0) is 42.3. The van der Waals surface area contributed by atoms with Crippen molar-refractivity contribution in [2.24, 2.45) is 11.7 Å². The predicted molar refractivity (Wildman–Crippen MR) is 213 cm³/mol. The number of pyridine rings is 1. The van der Waals surface area contributed by atoms with Gasteiger partial charge in [0.25, 0.3) is 5.91 Å². The van der Waals surface area contributed by atoms with E-state index in [4.69, 9.17) is 19.9 Å². The maximum Gasteiger partial charge on any atom is 0.411 e. The van der Waals surface area contributed by atoms with Crippen LogP contribution in [0.15, 0.2) is 73.1 Å². The Hall–Kier alpha value is -5.92. The SMILES string of the molecule is NCCC(=O)Nc1cc(COC(=O)Nc2cccc(C(=O)N3CCC(CCCCNC(=O)/C=C/c4cccnc4)CC3)c2)ccc1O[C@@H]1O[C@H](C(=O)O)[C@@H](O)[C@H](O)[C@H]1O. The molecule has 0 bridgehead atoms. The molecule has 4 amide bonds. The summed E-state index contributed by atoms with van der Waals surface area (Å²) in [5, 5.41) is 48.0. The third-order valence-electron chi connectivity index (χ3n) is 9.82. The lowest BCUT2D eigenvalue weighted by Gasteiger charge is -2.38. The molecule has 0 radical (unpaired) electrons. The number of aliphatic carboxylic acids is 1. The third-order valence-corrected chi connectivity index (χ3v) is 9.82. The Labute approximate surface area is 340 Å². The molecule has 5 atom stereocenters. The van der Waals surface area contributed by atoms with Gasteiger partial charge in [-0.2, -0.15) is 0 Å². The van der Waals surface area contributed by atoms with E-state index in [9.17, 15) is 44.4 Å². The van der Waals surface area contributed by atoms with Gasteiger partial charge < -0.3 is 55.9 Å². The number of piperidine rings is 1. The number of carboxylic acids is 1. The van der Waals surface area contributed by atoms with Crippen molar-refractivity contribution in [3.63, 3.8) is 0 Å². The Morgan fingerprint density at radius 3 is 2.47 bits per heavy atom. The first-order valence-corrected chi connectivity index (χ1v) is 19.3. The highest BCUT2D eigenvalue weighted by molar-refractivity contribution is 5.96. The third kappa shape index (κ3) is 13.0. The molecule has 2 aliphatic heterocycles. The highest BCUT2D eigenvalue weighted by atomic mass is 16.7. The lowest BCUT2D eigenvalue weighted by molar-refractivity contribution is -0.271. The Balaban J connectivity index is 1.07. The van der Waals surface area contributed by atoms with E-state index in [1.165, 1.54) is 24.3 Å². The van der Waals surface area contributed by atoms with Crippen molar-refractivity contribution in [3.8, 4) is 5.75 Å². The monoisotopic (exact) mass is 818 g/mol. The number of amides is 4. The van der Waals surface area contributed by atoms with E-state index in [-0.39, 0.29) is 42.8 Å². The molecule has 0 aliphatic carbocycles. The average Bonchev–Trinajstić information content (AvgIpc) is 3.23. The van der Waals surface area contributed by atoms with Crippen LogP contribution in [0, 0.1) is 5.92 Å². The van der Waals surface area contributed by atoms with Gasteiger partial charge in [0.15, 0.2) is 6.10 Å². The molecule has 59 heavy (non-hydrogen) atoms. The Kier molecular flexibility index (Phi) is 16.3. The zero-order valence-corrected chi connectivity index (χ0v) is 32.3. The van der Waals surface area contributed by atoms with Crippen molar-refractivity contribution < 1.29 is 58.6 Å². The number of carbonyl (C=O) groups is 5. The van der Waals surface area contributed by atoms with E-state index >= 15 is 0 Å². The number of nitrogens with two attached hydrogens (primary N) is 1. The fourth-order valence-electron chi connectivity index (χ4n) is 6.60. The van der Waals surface area contributed by atoms with Crippen LogP contribution in [0.4, 0.5) is 16.2 Å². The van der Waals surface area contributed by atoms with Gasteiger partial charge in [0.2, 0.25) is 18.1 Å². The smallest absolute Gasteiger partial charge is 0.411 e. The number of hydrogen-bond donors (Lipinski definition) is 8. The van der Waals surface area contributed by atoms with Crippen molar-refractivity contribution in [1.82, 2.24) is 15.2 Å². The van der Waals surface area contributed by atoms with Crippen molar-refractivity contribution in [1.29, 1.82) is 0 Å². The van der Waals surface area contributed by atoms with Gasteiger partial charge in [-0.3, -0.25) is 24.7 Å². The van der Waals surface area contributed by atoms with E-state index < -0.39 is 48.7 Å². The van der Waals surface area contributed by atoms with Crippen LogP contribution in [-0.4, -0.2) is 117 Å². The average molecular weight is 819 g/mol. The van der Waals surface area contributed by atoms with Crippen LogP contribution in [0.1, 0.15) is 60.0 Å². The molecule has 18 nitrogen and oxygen atoms in total. The number of aliphatic hydroxyl groups is 3. The number of aliphatic hydroxyl groups excluding tert-OH is 3. The second kappa shape index (κ2) is 21.7. The van der Waals surface area contributed by atoms with Crippen molar-refractivity contribution in [2.75, 3.05) is 36.8 Å². The summed E-state index contributed by atoms with van der Waals surface area (Å²) in [6, 6.07) is 14.4. The summed E-state index contributed by atoms with van der Waals surface area (Å²) >= 11 is 0. The van der Waals surface area contributed by atoms with E-state index in [1.54, 1.807) is 47.6 Å². The summed E-state index contributed by atoms with van der Waals surface area (Å²) in [4.78, 5) is 68.0. The molecule has 3 heterocycles. The normalized spacial score (nSPS) is 20.7. The van der Waals surface area contributed by atoms with E-state index in [0.717, 1.165) is 37.7 Å². The van der Waals surface area contributed by atoms with Gasteiger partial charge in [-0.15, -0.1) is 0 Å². The summed E-state index contributed by atoms with van der Waals surface area (Å²) < 4.78 is 16.2. The van der Waals surface area contributed by atoms with Gasteiger partial charge in [-0.25, -0.2) is 9.59 Å². The fourth-order valence-corrected chi connectivity index (χ4v) is 6.60. The molecule has 2 aliphatic rings. The molecule has 0 unspecified atom stereocenters. The molecule has 9 N–H and O–H groups in total. The molecule has 316 valence electrons. The lowest BCUT2D eigenvalue weighted by Crippen LogP contribution is -2.61. The number of carboxylic acid groups (broad SMARTS) is 1. The quantitative estimate of drug-likeness (QED) is 0.0717. The minimum Gasteiger partial charge on any atom is -0.479 e. The molecular formula is C41H50N6O12. The predicted octanol–water partition coefficient (Wildman–Crippen LogP) is 2.24. The molecule has 18 heteroatoms. The first-order valence-electron chi connectivity index (χ1n) is 19.3. The molecule has 3 aromatic rings. The van der Waals surface area contributed by atoms with Gasteiger partial charge in [-0.1, -0.05) is 31.0 Å². The van der Waals surface area contributed by atoms with Gasteiger partial charge in [0.05, 0.1) is 5.69 Å². The Morgan fingerprint density at radius 2 is 1.75 bits per heavy atom. The number of nitrogens with one attached hydrogen (secondary N) is 3. The molecule has 2 fully saturated rings. The summed E-state index contributed by atoms with van der Waals surface area (Å²) in [5.74, 6) is -1.99. The zero-order valence-electron chi connectivity index (χ0n) is 32.3. The summed E-state index contributed by atoms with van der Waals surface area (Å²) in [6.07, 6.45) is 0.971. The first-order chi connectivity index (χ1) is 28.4. The van der Waals surface area contributed by atoms with Crippen LogP contribution in [0.3, 0.4) is 0 Å². The Bertz CT molecular complexity index is 1940. The van der Waals surface area contributed by atoms with Gasteiger partial charge >= 0.3 is 12.1 Å². The molecule has 2 aromatic carbocycles. The van der Waals surface area contributed by atoms with E-state index in [1.807, 2.05) is 12.1 Å². The van der Waals surface area contributed by atoms with Crippen LogP contribution in [-0.2, 0) is 30.5 Å². The standard InChI is InChI=1S/C41H50N6O12/c42-16-13-33(49)46-30-21-27(9-11-31(30)58-40-36(52)34(50)35(51)37(59-40)39(54)55)24-57-41(56)45-29-8-3-7-28(22-29)38(53)47-19-14-25(15-20-47)5-1-2-18-44-32(48)12-10-26-6-4-17-43-23-26/h3-4,6-12,17,21-23,25,34-37,40,50-52H,1-2,5,13-16,18-20,24,42H2,(H,44,48)(H,45,56)(H,46,49)(H,54,55)/b12-10+/t34-,35-,36+,37-,40+/m0/s1. The highest BCUT2D eigenvalue weighted by Crippen LogP contribution is 2.31. The van der Waals surface area contributed by atoms with Crippen LogP contribution >= 0.6 is 0 Å². The number of carbonyl (C=O) groups excluding carboxylic acids is 4. The maximum atomic E-state index is 13.4. The van der Waals surface area contributed by atoms with E-state index in [2.05, 4.69) is 20.9 Å². The van der Waals surface area contributed by atoms with Crippen LogP contribution < -0.4 is 26.4 Å². The topological polar surface area (TPSA) is 272 Å². The lowest BCUT2D eigenvalue weighted by atomic mass is 9.91. The number of nitrogens with zero attached hydrogens (tertiary/aromatic N) is 2. The molecule has 5 rings (SSSR count). The van der Waals surface area contributed by atoms with Gasteiger partial charge in [0, 0.05) is 62.3 Å². The molecule has 2 saturated heterocycles. The van der Waals surface area contributed by atoms with Gasteiger partial charge in [-0.05, 0) is 78.8 Å². The molecule has 1 aromatic heterocycles. The number of rotatable bonds is 17. The number of aromatic nitrogens is 1. The molecular weight excluding hydrogens is 768 g/mol. The number of hydrogen-bond acceptors (Lipinski definition) is 13. The maximum absolute atomic E-state index is 13.4. The van der Waals surface area contributed by atoms with Crippen LogP contribution in [0.5, 0.6) is 5.75 Å². The number of benzene rings is 2. The second-order valence-electron chi connectivity index (χ2n) is 14.2. The Morgan fingerprint density at radius 1 is 0.949 bits per heavy atom. The van der Waals surface area contributed by atoms with Crippen molar-refractivity contribution in [3.05, 3.63) is 89.8 Å². The van der Waals surface area contributed by atoms with Crippen LogP contribution in [0.25, 0.3) is 6.08 Å². The second-order valence-corrected chi connectivity index (χ2v) is 14.2. The number of ether oxygens (including phenoxy) is 3. The van der Waals surface area contributed by atoms with E-state index in [0.29, 0.717) is 42.4 Å². The number of likely N-dealkylation sites (tertiary alicyclic amines) is 1. The molecule has 0 saturated carbocycles. The first kappa shape index (κ1) is 44.2. The largest absolute Gasteiger partial charge is 0.479 e. The minimum atomic E-state index is -1.92. The van der Waals surface area contributed by atoms with Crippen molar-refractivity contribution >= 4 is 47.2 Å². The minimum absolute atomic E-state index is 0.0310. The molecule has 0 spiro atoms. The van der Waals surface area contributed by atoms with Gasteiger partial charge in [0.1, 0.15) is 30.7 Å². The highest BCUT2D eigenvalue weighted by Gasteiger charge is 2.48. The van der Waals surface area contributed by atoms with Crippen molar-refractivity contribution in [2.45, 2.75) is 75.8 Å². The van der Waals surface area contributed by atoms with Crippen LogP contribution in [0.2, 0.25) is 0 Å². The number of unbranched alkanes of at least 4 members (excludes halogenated alkanes) is 1. The summed E-state index contributed by atoms with van der Waals surface area (Å²) in [7, 11) is 0. The summed E-state index contributed by atoms with van der Waals surface area (Å²) in [5.41, 5.74) is 7.54. The summed E-state index contributed by atoms with van der Waals surface area (Å²) in [6.45, 7) is 1.57. The number of anilines is 2. The fraction of sp³-hybridized carbons (Fsp3) is 0.415.